The standard InChI is InChI=1S/C18H24N2O5/c1-18(2,3)25-17(23)19-11-12-6-4-7-13(10-12)20-16(22)14-8-5-9-15(21)24-14/h4,6-7,10,14H,5,8-9,11H2,1-3H3,(H,19,23)(H,20,22). The van der Waals surface area contributed by atoms with Gasteiger partial charge in [0.2, 0.25) is 0 Å². The van der Waals surface area contributed by atoms with Gasteiger partial charge in [-0.3, -0.25) is 9.59 Å². The van der Waals surface area contributed by atoms with Crippen molar-refractivity contribution in [1.29, 1.82) is 0 Å². The molecule has 1 heterocycles. The number of benzene rings is 1. The SMILES string of the molecule is CC(C)(C)OC(=O)NCc1cccc(NC(=O)C2CCCC(=O)O2)c1. The van der Waals surface area contributed by atoms with Gasteiger partial charge in [-0.25, -0.2) is 4.79 Å². The van der Waals surface area contributed by atoms with Crippen molar-refractivity contribution in [3.05, 3.63) is 29.8 Å². The predicted octanol–water partition coefficient (Wildman–Crippen LogP) is 2.75. The van der Waals surface area contributed by atoms with E-state index in [0.717, 1.165) is 5.56 Å². The second-order valence-electron chi connectivity index (χ2n) is 6.92. The molecular weight excluding hydrogens is 324 g/mol. The molecule has 1 aliphatic heterocycles. The van der Waals surface area contributed by atoms with Crippen LogP contribution in [0, 0.1) is 0 Å². The van der Waals surface area contributed by atoms with Crippen LogP contribution in [0.1, 0.15) is 45.6 Å². The summed E-state index contributed by atoms with van der Waals surface area (Å²) in [7, 11) is 0. The molecule has 1 unspecified atom stereocenters. The van der Waals surface area contributed by atoms with E-state index in [2.05, 4.69) is 10.6 Å². The smallest absolute Gasteiger partial charge is 0.407 e. The van der Waals surface area contributed by atoms with Gasteiger partial charge in [0.05, 0.1) is 0 Å². The molecule has 2 amide bonds. The van der Waals surface area contributed by atoms with Crippen LogP contribution in [0.3, 0.4) is 0 Å². The van der Waals surface area contributed by atoms with Gasteiger partial charge >= 0.3 is 12.1 Å². The van der Waals surface area contributed by atoms with Crippen molar-refractivity contribution in [2.75, 3.05) is 5.32 Å². The number of ether oxygens (including phenoxy) is 2. The van der Waals surface area contributed by atoms with Crippen molar-refractivity contribution in [2.24, 2.45) is 0 Å². The van der Waals surface area contributed by atoms with Crippen LogP contribution in [-0.2, 0) is 25.6 Å². The van der Waals surface area contributed by atoms with Gasteiger partial charge in [-0.05, 0) is 51.3 Å². The van der Waals surface area contributed by atoms with Gasteiger partial charge in [0.1, 0.15) is 5.60 Å². The fourth-order valence-electron chi connectivity index (χ4n) is 2.36. The first-order valence-electron chi connectivity index (χ1n) is 8.29. The number of cyclic esters (lactones) is 1. The van der Waals surface area contributed by atoms with Gasteiger partial charge < -0.3 is 20.1 Å². The van der Waals surface area contributed by atoms with Gasteiger partial charge in [0.25, 0.3) is 5.91 Å². The van der Waals surface area contributed by atoms with Crippen LogP contribution < -0.4 is 10.6 Å². The molecule has 0 bridgehead atoms. The topological polar surface area (TPSA) is 93.7 Å². The molecule has 1 saturated heterocycles. The summed E-state index contributed by atoms with van der Waals surface area (Å²) >= 11 is 0. The first-order valence-corrected chi connectivity index (χ1v) is 8.29. The third kappa shape index (κ3) is 6.45. The van der Waals surface area contributed by atoms with E-state index >= 15 is 0 Å². The lowest BCUT2D eigenvalue weighted by Gasteiger charge is -2.21. The number of hydrogen-bond donors (Lipinski definition) is 2. The third-order valence-electron chi connectivity index (χ3n) is 3.44. The van der Waals surface area contributed by atoms with E-state index in [9.17, 15) is 14.4 Å². The third-order valence-corrected chi connectivity index (χ3v) is 3.44. The van der Waals surface area contributed by atoms with Crippen molar-refractivity contribution in [3.63, 3.8) is 0 Å². The molecule has 2 N–H and O–H groups in total. The van der Waals surface area contributed by atoms with Crippen LogP contribution in [0.15, 0.2) is 24.3 Å². The number of carbonyl (C=O) groups excluding carboxylic acids is 3. The van der Waals surface area contributed by atoms with Crippen LogP contribution in [-0.4, -0.2) is 29.7 Å². The number of hydrogen-bond acceptors (Lipinski definition) is 5. The van der Waals surface area contributed by atoms with Gasteiger partial charge in [0, 0.05) is 18.7 Å². The Morgan fingerprint density at radius 3 is 2.76 bits per heavy atom. The molecule has 0 aliphatic carbocycles. The molecule has 1 aromatic rings. The zero-order valence-corrected chi connectivity index (χ0v) is 14.8. The highest BCUT2D eigenvalue weighted by Crippen LogP contribution is 2.17. The van der Waals surface area contributed by atoms with E-state index in [-0.39, 0.29) is 18.4 Å². The maximum atomic E-state index is 12.2. The highest BCUT2D eigenvalue weighted by Gasteiger charge is 2.26. The summed E-state index contributed by atoms with van der Waals surface area (Å²) in [5.74, 6) is -0.688. The Bertz CT molecular complexity index is 651. The van der Waals surface area contributed by atoms with E-state index in [4.69, 9.17) is 9.47 Å². The number of esters is 1. The number of alkyl carbamates (subject to hydrolysis) is 1. The first kappa shape index (κ1) is 18.8. The summed E-state index contributed by atoms with van der Waals surface area (Å²) in [5, 5.41) is 5.40. The minimum absolute atomic E-state index is 0.275. The highest BCUT2D eigenvalue weighted by molar-refractivity contribution is 5.95. The maximum absolute atomic E-state index is 12.2. The Kier molecular flexibility index (Phi) is 6.01. The largest absolute Gasteiger partial charge is 0.452 e. The fourth-order valence-corrected chi connectivity index (χ4v) is 2.36. The summed E-state index contributed by atoms with van der Waals surface area (Å²) in [4.78, 5) is 35.1. The molecule has 7 heteroatoms. The van der Waals surface area contributed by atoms with Crippen LogP contribution >= 0.6 is 0 Å². The zero-order chi connectivity index (χ0) is 18.4. The Labute approximate surface area is 147 Å². The summed E-state index contributed by atoms with van der Waals surface area (Å²) in [6.45, 7) is 5.65. The summed E-state index contributed by atoms with van der Waals surface area (Å²) in [5.41, 5.74) is 0.830. The summed E-state index contributed by atoms with van der Waals surface area (Å²) < 4.78 is 10.2. The average Bonchev–Trinajstić information content (AvgIpc) is 2.52. The molecule has 2 rings (SSSR count). The zero-order valence-electron chi connectivity index (χ0n) is 14.8. The number of anilines is 1. The van der Waals surface area contributed by atoms with Crippen molar-refractivity contribution >= 4 is 23.7 Å². The van der Waals surface area contributed by atoms with Gasteiger partial charge in [-0.1, -0.05) is 12.1 Å². The van der Waals surface area contributed by atoms with Crippen molar-refractivity contribution < 1.29 is 23.9 Å². The van der Waals surface area contributed by atoms with Crippen molar-refractivity contribution in [1.82, 2.24) is 5.32 Å². The number of amides is 2. The molecule has 136 valence electrons. The van der Waals surface area contributed by atoms with E-state index in [0.29, 0.717) is 24.9 Å². The molecule has 25 heavy (non-hydrogen) atoms. The van der Waals surface area contributed by atoms with E-state index in [1.54, 1.807) is 39.0 Å². The molecular formula is C18H24N2O5. The van der Waals surface area contributed by atoms with E-state index in [1.807, 2.05) is 6.07 Å². The number of rotatable bonds is 4. The Morgan fingerprint density at radius 1 is 1.32 bits per heavy atom. The molecule has 0 saturated carbocycles. The molecule has 0 aromatic heterocycles. The Balaban J connectivity index is 1.89. The summed E-state index contributed by atoms with van der Waals surface area (Å²) in [6, 6.07) is 7.09. The lowest BCUT2D eigenvalue weighted by Crippen LogP contribution is -2.35. The second-order valence-corrected chi connectivity index (χ2v) is 6.92. The molecule has 0 spiro atoms. The lowest BCUT2D eigenvalue weighted by atomic mass is 10.1. The average molecular weight is 348 g/mol. The van der Waals surface area contributed by atoms with Crippen LogP contribution in [0.5, 0.6) is 0 Å². The Hall–Kier alpha value is -2.57. The lowest BCUT2D eigenvalue weighted by molar-refractivity contribution is -0.158. The fraction of sp³-hybridized carbons (Fsp3) is 0.500. The summed E-state index contributed by atoms with van der Waals surface area (Å²) in [6.07, 6.45) is 0.282. The minimum Gasteiger partial charge on any atom is -0.452 e. The van der Waals surface area contributed by atoms with E-state index < -0.39 is 17.8 Å². The molecule has 1 aromatic carbocycles. The van der Waals surface area contributed by atoms with Crippen molar-refractivity contribution in [2.45, 2.75) is 58.3 Å². The van der Waals surface area contributed by atoms with Gasteiger partial charge in [0.15, 0.2) is 6.10 Å². The van der Waals surface area contributed by atoms with Crippen LogP contribution in [0.2, 0.25) is 0 Å². The van der Waals surface area contributed by atoms with Crippen molar-refractivity contribution in [3.8, 4) is 0 Å². The molecule has 1 aliphatic rings. The number of nitrogens with one attached hydrogen (secondary N) is 2. The van der Waals surface area contributed by atoms with Crippen LogP contribution in [0.25, 0.3) is 0 Å². The van der Waals surface area contributed by atoms with Crippen LogP contribution in [0.4, 0.5) is 10.5 Å². The second kappa shape index (κ2) is 8.00. The maximum Gasteiger partial charge on any atom is 0.407 e. The monoisotopic (exact) mass is 348 g/mol. The van der Waals surface area contributed by atoms with Gasteiger partial charge in [-0.15, -0.1) is 0 Å². The Morgan fingerprint density at radius 2 is 2.08 bits per heavy atom. The number of carbonyl (C=O) groups is 3. The minimum atomic E-state index is -0.746. The molecule has 7 nitrogen and oxygen atoms in total. The highest BCUT2D eigenvalue weighted by atomic mass is 16.6. The predicted molar refractivity (Wildman–Crippen MR) is 91.9 cm³/mol. The molecule has 1 atom stereocenters. The first-order chi connectivity index (χ1) is 11.7. The van der Waals surface area contributed by atoms with Gasteiger partial charge in [-0.2, -0.15) is 0 Å². The molecule has 0 radical (unpaired) electrons. The normalized spacial score (nSPS) is 17.4. The molecule has 1 fully saturated rings. The quantitative estimate of drug-likeness (QED) is 0.816. The van der Waals surface area contributed by atoms with E-state index in [1.165, 1.54) is 0 Å².